The Hall–Kier alpha value is -3.15. The molecule has 0 bridgehead atoms. The van der Waals surface area contributed by atoms with E-state index in [9.17, 15) is 14.4 Å². The van der Waals surface area contributed by atoms with Gasteiger partial charge >= 0.3 is 0 Å². The maximum absolute atomic E-state index is 13.2. The molecular weight excluding hydrogens is 356 g/mol. The highest BCUT2D eigenvalue weighted by atomic mass is 16.5. The number of methoxy groups -OCH3 is 1. The largest absolute Gasteiger partial charge is 0.497 e. The molecule has 1 atom stereocenters. The topological polar surface area (TPSA) is 66.9 Å². The van der Waals surface area contributed by atoms with E-state index < -0.39 is 6.04 Å². The SMILES string of the molecule is COc1ccc(C(=O)N(C2CC2)C2CC(=O)N(c3ccc(C)cc3)C2=O)cc1. The van der Waals surface area contributed by atoms with E-state index in [1.54, 1.807) is 48.4 Å². The summed E-state index contributed by atoms with van der Waals surface area (Å²) in [6.45, 7) is 1.95. The van der Waals surface area contributed by atoms with Gasteiger partial charge in [0.15, 0.2) is 0 Å². The number of amides is 3. The fraction of sp³-hybridized carbons (Fsp3) is 0.318. The zero-order valence-electron chi connectivity index (χ0n) is 15.9. The molecule has 2 fully saturated rings. The van der Waals surface area contributed by atoms with Crippen LogP contribution in [0.5, 0.6) is 5.75 Å². The van der Waals surface area contributed by atoms with Gasteiger partial charge in [0.25, 0.3) is 11.8 Å². The Morgan fingerprint density at radius 1 is 1.04 bits per heavy atom. The van der Waals surface area contributed by atoms with Crippen molar-refractivity contribution in [1.82, 2.24) is 4.90 Å². The van der Waals surface area contributed by atoms with Gasteiger partial charge in [0.05, 0.1) is 19.2 Å². The van der Waals surface area contributed by atoms with Gasteiger partial charge in [-0.2, -0.15) is 0 Å². The molecule has 1 saturated heterocycles. The van der Waals surface area contributed by atoms with Crippen LogP contribution in [0.1, 0.15) is 35.2 Å². The summed E-state index contributed by atoms with van der Waals surface area (Å²) < 4.78 is 5.14. The third-order valence-electron chi connectivity index (χ3n) is 5.26. The Balaban J connectivity index is 1.61. The molecule has 1 heterocycles. The van der Waals surface area contributed by atoms with Crippen LogP contribution >= 0.6 is 0 Å². The predicted molar refractivity (Wildman–Crippen MR) is 104 cm³/mol. The van der Waals surface area contributed by atoms with Gasteiger partial charge in [0.2, 0.25) is 5.91 Å². The van der Waals surface area contributed by atoms with Crippen molar-refractivity contribution in [3.63, 3.8) is 0 Å². The first-order chi connectivity index (χ1) is 13.5. The van der Waals surface area contributed by atoms with Gasteiger partial charge in [-0.05, 0) is 56.2 Å². The number of carbonyl (C=O) groups is 3. The monoisotopic (exact) mass is 378 g/mol. The van der Waals surface area contributed by atoms with Crippen molar-refractivity contribution < 1.29 is 19.1 Å². The molecule has 1 unspecified atom stereocenters. The molecule has 0 spiro atoms. The fourth-order valence-electron chi connectivity index (χ4n) is 3.60. The number of hydrogen-bond acceptors (Lipinski definition) is 4. The number of ether oxygens (including phenoxy) is 1. The van der Waals surface area contributed by atoms with Crippen molar-refractivity contribution in [3.8, 4) is 5.75 Å². The number of rotatable bonds is 5. The van der Waals surface area contributed by atoms with Crippen molar-refractivity contribution in [3.05, 3.63) is 59.7 Å². The standard InChI is InChI=1S/C22H22N2O4/c1-14-3-7-17(8-4-14)24-20(25)13-19(22(24)27)23(16-9-10-16)21(26)15-5-11-18(28-2)12-6-15/h3-8,11-12,16,19H,9-10,13H2,1-2H3. The first-order valence-corrected chi connectivity index (χ1v) is 9.40. The Morgan fingerprint density at radius 3 is 2.25 bits per heavy atom. The number of imide groups is 1. The zero-order chi connectivity index (χ0) is 19.8. The molecule has 6 nitrogen and oxygen atoms in total. The van der Waals surface area contributed by atoms with E-state index in [1.807, 2.05) is 19.1 Å². The Kier molecular flexibility index (Phi) is 4.63. The van der Waals surface area contributed by atoms with E-state index in [0.29, 0.717) is 17.0 Å². The van der Waals surface area contributed by atoms with Gasteiger partial charge in [-0.3, -0.25) is 14.4 Å². The molecule has 144 valence electrons. The molecule has 28 heavy (non-hydrogen) atoms. The molecule has 1 aliphatic carbocycles. The second-order valence-electron chi connectivity index (χ2n) is 7.29. The summed E-state index contributed by atoms with van der Waals surface area (Å²) in [5.74, 6) is -0.163. The molecule has 1 saturated carbocycles. The van der Waals surface area contributed by atoms with Crippen LogP contribution in [-0.2, 0) is 9.59 Å². The predicted octanol–water partition coefficient (Wildman–Crippen LogP) is 2.94. The van der Waals surface area contributed by atoms with E-state index >= 15 is 0 Å². The molecule has 4 rings (SSSR count). The minimum absolute atomic E-state index is 0.00863. The summed E-state index contributed by atoms with van der Waals surface area (Å²) in [7, 11) is 1.57. The Morgan fingerprint density at radius 2 is 1.68 bits per heavy atom. The number of benzene rings is 2. The molecule has 0 N–H and O–H groups in total. The minimum atomic E-state index is -0.754. The second kappa shape index (κ2) is 7.11. The minimum Gasteiger partial charge on any atom is -0.497 e. The normalized spacial score (nSPS) is 19.1. The van der Waals surface area contributed by atoms with Gasteiger partial charge in [0.1, 0.15) is 11.8 Å². The van der Waals surface area contributed by atoms with Crippen LogP contribution in [0.15, 0.2) is 48.5 Å². The summed E-state index contributed by atoms with van der Waals surface area (Å²) in [5, 5.41) is 0. The third kappa shape index (κ3) is 3.26. The molecule has 0 radical (unpaired) electrons. The number of carbonyl (C=O) groups excluding carboxylic acids is 3. The van der Waals surface area contributed by atoms with Crippen molar-refractivity contribution >= 4 is 23.4 Å². The van der Waals surface area contributed by atoms with Gasteiger partial charge in [0, 0.05) is 11.6 Å². The maximum atomic E-state index is 13.2. The summed E-state index contributed by atoms with van der Waals surface area (Å²) >= 11 is 0. The van der Waals surface area contributed by atoms with Crippen LogP contribution in [0.4, 0.5) is 5.69 Å². The summed E-state index contributed by atoms with van der Waals surface area (Å²) in [5.41, 5.74) is 2.09. The third-order valence-corrected chi connectivity index (χ3v) is 5.26. The fourth-order valence-corrected chi connectivity index (χ4v) is 3.60. The van der Waals surface area contributed by atoms with E-state index in [-0.39, 0.29) is 30.2 Å². The van der Waals surface area contributed by atoms with Crippen LogP contribution in [0.25, 0.3) is 0 Å². The molecule has 2 aromatic rings. The first-order valence-electron chi connectivity index (χ1n) is 9.40. The van der Waals surface area contributed by atoms with Crippen LogP contribution in [0, 0.1) is 6.92 Å². The number of nitrogens with zero attached hydrogens (tertiary/aromatic N) is 2. The smallest absolute Gasteiger partial charge is 0.257 e. The lowest BCUT2D eigenvalue weighted by Gasteiger charge is -2.27. The first kappa shape index (κ1) is 18.2. The molecule has 6 heteroatoms. The van der Waals surface area contributed by atoms with Gasteiger partial charge in [-0.1, -0.05) is 17.7 Å². The van der Waals surface area contributed by atoms with E-state index in [0.717, 1.165) is 18.4 Å². The lowest BCUT2D eigenvalue weighted by molar-refractivity contribution is -0.122. The van der Waals surface area contributed by atoms with Crippen molar-refractivity contribution in [2.45, 2.75) is 38.3 Å². The van der Waals surface area contributed by atoms with Crippen LogP contribution < -0.4 is 9.64 Å². The maximum Gasteiger partial charge on any atom is 0.257 e. The van der Waals surface area contributed by atoms with Crippen LogP contribution in [-0.4, -0.2) is 41.8 Å². The zero-order valence-corrected chi connectivity index (χ0v) is 15.9. The average molecular weight is 378 g/mol. The number of aryl methyl sites for hydroxylation is 1. The molecule has 2 aromatic carbocycles. The summed E-state index contributed by atoms with van der Waals surface area (Å²) in [6, 6.07) is 13.3. The van der Waals surface area contributed by atoms with Crippen molar-refractivity contribution in [1.29, 1.82) is 0 Å². The average Bonchev–Trinajstić information content (AvgIpc) is 3.49. The lowest BCUT2D eigenvalue weighted by Crippen LogP contribution is -2.46. The summed E-state index contributed by atoms with van der Waals surface area (Å²) in [6.07, 6.45) is 1.72. The molecule has 2 aliphatic rings. The quantitative estimate of drug-likeness (QED) is 0.751. The van der Waals surface area contributed by atoms with E-state index in [4.69, 9.17) is 4.74 Å². The summed E-state index contributed by atoms with van der Waals surface area (Å²) in [4.78, 5) is 41.7. The van der Waals surface area contributed by atoms with E-state index in [2.05, 4.69) is 0 Å². The number of hydrogen-bond donors (Lipinski definition) is 0. The Bertz CT molecular complexity index is 917. The second-order valence-corrected chi connectivity index (χ2v) is 7.29. The van der Waals surface area contributed by atoms with E-state index in [1.165, 1.54) is 4.90 Å². The molecular formula is C22H22N2O4. The molecule has 3 amide bonds. The van der Waals surface area contributed by atoms with Gasteiger partial charge in [-0.25, -0.2) is 4.90 Å². The van der Waals surface area contributed by atoms with Gasteiger partial charge in [-0.15, -0.1) is 0 Å². The van der Waals surface area contributed by atoms with Crippen molar-refractivity contribution in [2.24, 2.45) is 0 Å². The Labute approximate surface area is 163 Å². The molecule has 0 aromatic heterocycles. The van der Waals surface area contributed by atoms with Crippen molar-refractivity contribution in [2.75, 3.05) is 12.0 Å². The van der Waals surface area contributed by atoms with Gasteiger partial charge < -0.3 is 9.64 Å². The number of anilines is 1. The lowest BCUT2D eigenvalue weighted by atomic mass is 10.1. The highest BCUT2D eigenvalue weighted by Gasteiger charge is 2.48. The molecule has 1 aliphatic heterocycles. The highest BCUT2D eigenvalue weighted by molar-refractivity contribution is 6.23. The highest BCUT2D eigenvalue weighted by Crippen LogP contribution is 2.35. The van der Waals surface area contributed by atoms with Crippen LogP contribution in [0.2, 0.25) is 0 Å². The van der Waals surface area contributed by atoms with Crippen LogP contribution in [0.3, 0.4) is 0 Å².